The van der Waals surface area contributed by atoms with Gasteiger partial charge in [-0.3, -0.25) is 9.80 Å². The molecule has 0 spiro atoms. The predicted octanol–water partition coefficient (Wildman–Crippen LogP) is 6.93. The monoisotopic (exact) mass is 572 g/mol. The van der Waals surface area contributed by atoms with Crippen molar-refractivity contribution in [1.82, 2.24) is 9.80 Å². The Morgan fingerprint density at radius 2 is 1.11 bits per heavy atom. The molecule has 0 bridgehead atoms. The number of benzene rings is 1. The maximum atomic E-state index is 12.5. The van der Waals surface area contributed by atoms with E-state index in [4.69, 9.17) is 9.47 Å². The molecule has 2 heterocycles. The molecule has 2 unspecified atom stereocenters. The zero-order chi connectivity index (χ0) is 25.6. The summed E-state index contributed by atoms with van der Waals surface area (Å²) in [4.78, 5) is 29.9. The molecule has 0 aliphatic carbocycles. The van der Waals surface area contributed by atoms with Crippen LogP contribution in [0, 0.1) is 0 Å². The first-order chi connectivity index (χ1) is 17.6. The Morgan fingerprint density at radius 1 is 0.711 bits per heavy atom. The number of rotatable bonds is 16. The molecule has 2 atom stereocenters. The van der Waals surface area contributed by atoms with Gasteiger partial charge in [0, 0.05) is 25.2 Å². The van der Waals surface area contributed by atoms with Crippen LogP contribution in [-0.2, 0) is 9.47 Å². The standard InChI is InChI=1S/C30H48N2O4.2ClH/c1-3-5-7-11-27-13-9-19-31(27)21-23-35-29(33)25-15-17-26(18-16-25)30(34)36-24-22-32-20-10-14-28(32)12-8-6-4-2;;/h15-18,27-28H,3-14,19-24H2,1-2H3;2*1H. The molecule has 1 aromatic carbocycles. The van der Waals surface area contributed by atoms with Gasteiger partial charge in [0.25, 0.3) is 0 Å². The number of esters is 2. The van der Waals surface area contributed by atoms with Crippen molar-refractivity contribution in [2.75, 3.05) is 39.4 Å². The van der Waals surface area contributed by atoms with Crippen molar-refractivity contribution in [1.29, 1.82) is 0 Å². The van der Waals surface area contributed by atoms with Crippen molar-refractivity contribution in [2.45, 2.75) is 103 Å². The van der Waals surface area contributed by atoms with Gasteiger partial charge in [0.1, 0.15) is 13.2 Å². The summed E-state index contributed by atoms with van der Waals surface area (Å²) < 4.78 is 11.1. The minimum Gasteiger partial charge on any atom is -0.461 e. The van der Waals surface area contributed by atoms with Gasteiger partial charge >= 0.3 is 11.9 Å². The number of halogens is 2. The lowest BCUT2D eigenvalue weighted by Crippen LogP contribution is -2.33. The molecule has 0 N–H and O–H groups in total. The third kappa shape index (κ3) is 11.4. The zero-order valence-electron chi connectivity index (χ0n) is 23.5. The second kappa shape index (κ2) is 19.7. The van der Waals surface area contributed by atoms with Crippen LogP contribution in [0.2, 0.25) is 0 Å². The highest BCUT2D eigenvalue weighted by atomic mass is 35.5. The Bertz CT molecular complexity index is 728. The third-order valence-electron chi connectivity index (χ3n) is 7.86. The quantitative estimate of drug-likeness (QED) is 0.158. The molecular formula is C30H50Cl2N2O4. The van der Waals surface area contributed by atoms with E-state index in [9.17, 15) is 9.59 Å². The summed E-state index contributed by atoms with van der Waals surface area (Å²) in [5.41, 5.74) is 0.943. The van der Waals surface area contributed by atoms with E-state index in [1.165, 1.54) is 77.0 Å². The molecule has 0 aromatic heterocycles. The second-order valence-electron chi connectivity index (χ2n) is 10.5. The molecule has 2 aliphatic heterocycles. The van der Waals surface area contributed by atoms with Gasteiger partial charge in [-0.05, 0) is 75.9 Å². The Labute approximate surface area is 243 Å². The molecule has 6 nitrogen and oxygen atoms in total. The second-order valence-corrected chi connectivity index (χ2v) is 10.5. The lowest BCUT2D eigenvalue weighted by atomic mass is 10.1. The summed E-state index contributed by atoms with van der Waals surface area (Å²) in [6.45, 7) is 9.07. The van der Waals surface area contributed by atoms with Gasteiger partial charge in [-0.25, -0.2) is 9.59 Å². The fourth-order valence-electron chi connectivity index (χ4n) is 5.71. The van der Waals surface area contributed by atoms with Crippen molar-refractivity contribution in [3.63, 3.8) is 0 Å². The van der Waals surface area contributed by atoms with Gasteiger partial charge in [-0.15, -0.1) is 24.8 Å². The fourth-order valence-corrected chi connectivity index (χ4v) is 5.71. The minimum absolute atomic E-state index is 0. The van der Waals surface area contributed by atoms with Crippen molar-refractivity contribution in [3.8, 4) is 0 Å². The molecule has 2 fully saturated rings. The minimum atomic E-state index is -0.334. The van der Waals surface area contributed by atoms with Crippen LogP contribution in [0.25, 0.3) is 0 Å². The number of likely N-dealkylation sites (tertiary alicyclic amines) is 2. The maximum Gasteiger partial charge on any atom is 0.338 e. The van der Waals surface area contributed by atoms with Crippen LogP contribution in [0.3, 0.4) is 0 Å². The zero-order valence-corrected chi connectivity index (χ0v) is 25.2. The highest BCUT2D eigenvalue weighted by Crippen LogP contribution is 2.23. The average molecular weight is 574 g/mol. The van der Waals surface area contributed by atoms with Crippen LogP contribution in [0.4, 0.5) is 0 Å². The number of nitrogens with zero attached hydrogens (tertiary/aromatic N) is 2. The molecule has 0 amide bonds. The summed E-state index contributed by atoms with van der Waals surface area (Å²) in [5.74, 6) is -0.667. The van der Waals surface area contributed by atoms with E-state index in [-0.39, 0.29) is 36.8 Å². The molecule has 0 radical (unpaired) electrons. The lowest BCUT2D eigenvalue weighted by Gasteiger charge is -2.24. The van der Waals surface area contributed by atoms with E-state index < -0.39 is 0 Å². The first-order valence-electron chi connectivity index (χ1n) is 14.5. The lowest BCUT2D eigenvalue weighted by molar-refractivity contribution is 0.0439. The number of hydrogen-bond donors (Lipinski definition) is 0. The number of ether oxygens (including phenoxy) is 2. The van der Waals surface area contributed by atoms with E-state index in [0.29, 0.717) is 36.4 Å². The van der Waals surface area contributed by atoms with E-state index in [1.54, 1.807) is 24.3 Å². The number of carbonyl (C=O) groups excluding carboxylic acids is 2. The molecule has 8 heteroatoms. The molecule has 218 valence electrons. The summed E-state index contributed by atoms with van der Waals surface area (Å²) in [7, 11) is 0. The van der Waals surface area contributed by atoms with Gasteiger partial charge < -0.3 is 9.47 Å². The Hall–Kier alpha value is -1.34. The van der Waals surface area contributed by atoms with Gasteiger partial charge in [-0.1, -0.05) is 52.4 Å². The Balaban J connectivity index is 0.00000361. The Morgan fingerprint density at radius 3 is 1.47 bits per heavy atom. The molecule has 2 saturated heterocycles. The number of unbranched alkanes of at least 4 members (excludes halogenated alkanes) is 4. The van der Waals surface area contributed by atoms with Gasteiger partial charge in [-0.2, -0.15) is 0 Å². The first-order valence-corrected chi connectivity index (χ1v) is 14.5. The maximum absolute atomic E-state index is 12.5. The first kappa shape index (κ1) is 34.7. The van der Waals surface area contributed by atoms with E-state index in [2.05, 4.69) is 23.6 Å². The molecule has 1 aromatic rings. The van der Waals surface area contributed by atoms with Gasteiger partial charge in [0.05, 0.1) is 11.1 Å². The highest BCUT2D eigenvalue weighted by molar-refractivity contribution is 5.93. The van der Waals surface area contributed by atoms with Crippen LogP contribution in [0.1, 0.15) is 112 Å². The normalized spacial score (nSPS) is 19.5. The van der Waals surface area contributed by atoms with Gasteiger partial charge in [0.2, 0.25) is 0 Å². The smallest absolute Gasteiger partial charge is 0.338 e. The summed E-state index contributed by atoms with van der Waals surface area (Å²) in [5, 5.41) is 0. The van der Waals surface area contributed by atoms with Crippen LogP contribution >= 0.6 is 24.8 Å². The van der Waals surface area contributed by atoms with Crippen molar-refractivity contribution < 1.29 is 19.1 Å². The Kier molecular flexibility index (Phi) is 18.0. The molecule has 3 rings (SSSR count). The fraction of sp³-hybridized carbons (Fsp3) is 0.733. The van der Waals surface area contributed by atoms with Crippen molar-refractivity contribution >= 4 is 36.8 Å². The SMILES string of the molecule is CCCCCC1CCCN1CCOC(=O)c1ccc(C(=O)OCCN2CCCC2CCCCC)cc1.Cl.Cl. The van der Waals surface area contributed by atoms with Gasteiger partial charge in [0.15, 0.2) is 0 Å². The van der Waals surface area contributed by atoms with Crippen LogP contribution < -0.4 is 0 Å². The van der Waals surface area contributed by atoms with E-state index in [0.717, 1.165) is 26.2 Å². The number of carbonyl (C=O) groups is 2. The van der Waals surface area contributed by atoms with Crippen LogP contribution in [0.5, 0.6) is 0 Å². The van der Waals surface area contributed by atoms with E-state index in [1.807, 2.05) is 0 Å². The molecular weight excluding hydrogens is 523 g/mol. The predicted molar refractivity (Wildman–Crippen MR) is 159 cm³/mol. The average Bonchev–Trinajstić information content (AvgIpc) is 3.53. The molecule has 2 aliphatic rings. The summed E-state index contributed by atoms with van der Waals surface area (Å²) in [6.07, 6.45) is 15.1. The molecule has 0 saturated carbocycles. The number of hydrogen-bond acceptors (Lipinski definition) is 6. The van der Waals surface area contributed by atoms with E-state index >= 15 is 0 Å². The third-order valence-corrected chi connectivity index (χ3v) is 7.86. The topological polar surface area (TPSA) is 59.1 Å². The summed E-state index contributed by atoms with van der Waals surface area (Å²) in [6, 6.07) is 7.91. The summed E-state index contributed by atoms with van der Waals surface area (Å²) >= 11 is 0. The van der Waals surface area contributed by atoms with Crippen molar-refractivity contribution in [3.05, 3.63) is 35.4 Å². The largest absolute Gasteiger partial charge is 0.461 e. The van der Waals surface area contributed by atoms with Crippen molar-refractivity contribution in [2.24, 2.45) is 0 Å². The van der Waals surface area contributed by atoms with Crippen LogP contribution in [0.15, 0.2) is 24.3 Å². The molecule has 38 heavy (non-hydrogen) atoms. The van der Waals surface area contributed by atoms with Crippen LogP contribution in [-0.4, -0.2) is 73.2 Å². The highest BCUT2D eigenvalue weighted by Gasteiger charge is 2.25.